The number of hydrogen-bond donors (Lipinski definition) is 8. The van der Waals surface area contributed by atoms with E-state index in [2.05, 4.69) is 62.0 Å². The zero-order chi connectivity index (χ0) is 48.3. The molecule has 1 aliphatic heterocycles. The fourth-order valence-electron chi connectivity index (χ4n) is 6.57. The predicted molar refractivity (Wildman–Crippen MR) is 248 cm³/mol. The molecule has 4 atom stereocenters. The minimum Gasteiger partial charge on any atom is -0.387 e. The largest absolute Gasteiger partial charge is 0.387 e. The molecule has 1 saturated heterocycles. The molecular formula is C45H59F3N14O5. The average molecular weight is 933 g/mol. The second-order valence-electron chi connectivity index (χ2n) is 16.9. The molecule has 6 aromatic heterocycles. The summed E-state index contributed by atoms with van der Waals surface area (Å²) in [5.74, 6) is 0.919. The molecule has 0 radical (unpaired) electrons. The zero-order valence-corrected chi connectivity index (χ0v) is 38.3. The number of carbonyl (C=O) groups excluding carboxylic acids is 2. The van der Waals surface area contributed by atoms with E-state index in [0.29, 0.717) is 58.9 Å². The maximum Gasteiger partial charge on any atom is 0.255 e. The lowest BCUT2D eigenvalue weighted by atomic mass is 9.92. The first-order chi connectivity index (χ1) is 32.0. The highest BCUT2D eigenvalue weighted by Gasteiger charge is 2.30. The van der Waals surface area contributed by atoms with Crippen molar-refractivity contribution in [1.82, 2.24) is 49.8 Å². The molecule has 8 rings (SSSR count). The topological polar surface area (TPSA) is 242 Å². The van der Waals surface area contributed by atoms with Gasteiger partial charge in [0.1, 0.15) is 36.0 Å². The number of halogens is 3. The van der Waals surface area contributed by atoms with E-state index in [1.165, 1.54) is 40.1 Å². The van der Waals surface area contributed by atoms with Gasteiger partial charge in [-0.3, -0.25) is 9.59 Å². The molecular weight excluding hydrogens is 874 g/mol. The summed E-state index contributed by atoms with van der Waals surface area (Å²) in [5.41, 5.74) is -0.395. The fraction of sp³-hybridized carbons (Fsp3) is 0.467. The Bertz CT molecular complexity index is 2580. The Morgan fingerprint density at radius 3 is 1.96 bits per heavy atom. The molecule has 1 aliphatic carbocycles. The number of amides is 2. The van der Waals surface area contributed by atoms with Crippen LogP contribution < -0.4 is 31.9 Å². The second-order valence-corrected chi connectivity index (χ2v) is 16.9. The van der Waals surface area contributed by atoms with E-state index in [4.69, 9.17) is 4.74 Å². The van der Waals surface area contributed by atoms with E-state index in [1.807, 2.05) is 19.9 Å². The lowest BCUT2D eigenvalue weighted by Gasteiger charge is -2.28. The lowest BCUT2D eigenvalue weighted by Crippen LogP contribution is -2.42. The van der Waals surface area contributed by atoms with Crippen LogP contribution in [-0.2, 0) is 4.74 Å². The van der Waals surface area contributed by atoms with Crippen molar-refractivity contribution in [2.45, 2.75) is 109 Å². The third-order valence-electron chi connectivity index (χ3n) is 10.8. The van der Waals surface area contributed by atoms with Crippen LogP contribution in [0.4, 0.5) is 47.8 Å². The summed E-state index contributed by atoms with van der Waals surface area (Å²) < 4.78 is 51.0. The molecule has 0 spiro atoms. The van der Waals surface area contributed by atoms with Crippen LogP contribution in [0.15, 0.2) is 73.6 Å². The number of rotatable bonds is 16. The lowest BCUT2D eigenvalue weighted by molar-refractivity contribution is -0.00209. The van der Waals surface area contributed by atoms with Gasteiger partial charge in [0.25, 0.3) is 11.8 Å². The van der Waals surface area contributed by atoms with E-state index >= 15 is 0 Å². The van der Waals surface area contributed by atoms with Crippen LogP contribution in [0.2, 0.25) is 0 Å². The Hall–Kier alpha value is -6.65. The quantitative estimate of drug-likeness (QED) is 0.0560. The van der Waals surface area contributed by atoms with E-state index in [0.717, 1.165) is 24.9 Å². The first-order valence-electron chi connectivity index (χ1n) is 22.2. The first-order valence-corrected chi connectivity index (χ1v) is 22.2. The minimum atomic E-state index is -1.67. The van der Waals surface area contributed by atoms with E-state index < -0.39 is 47.6 Å². The van der Waals surface area contributed by atoms with Crippen molar-refractivity contribution in [3.63, 3.8) is 0 Å². The molecule has 22 heteroatoms. The van der Waals surface area contributed by atoms with Crippen LogP contribution in [0.25, 0.3) is 11.3 Å². The molecule has 67 heavy (non-hydrogen) atoms. The summed E-state index contributed by atoms with van der Waals surface area (Å²) in [6, 6.07) is 10.1. The minimum absolute atomic E-state index is 0.0419. The van der Waals surface area contributed by atoms with Gasteiger partial charge in [-0.2, -0.15) is 5.10 Å². The van der Waals surface area contributed by atoms with Gasteiger partial charge in [-0.1, -0.05) is 13.8 Å². The van der Waals surface area contributed by atoms with Crippen LogP contribution in [0.3, 0.4) is 0 Å². The van der Waals surface area contributed by atoms with Gasteiger partial charge < -0.3 is 46.9 Å². The third-order valence-corrected chi connectivity index (χ3v) is 10.8. The van der Waals surface area contributed by atoms with Gasteiger partial charge in [-0.05, 0) is 71.6 Å². The van der Waals surface area contributed by atoms with Crippen LogP contribution >= 0.6 is 0 Å². The number of hydrogen-bond acceptors (Lipinski definition) is 15. The van der Waals surface area contributed by atoms with Gasteiger partial charge in [0.05, 0.1) is 65.6 Å². The summed E-state index contributed by atoms with van der Waals surface area (Å²) in [4.78, 5) is 42.7. The SMILES string of the molecule is CC.CC(C)(O)[C@H](F)CNC(=O)c1cnc(Nc2ccc3nccn3n2)cc1NC1CCC1.CC(C)(O)[C@H](F)CNC(=O)c1cnc(Nc2ccn3nccc3n2)cc1NC1CCOCC1F. The number of carbonyl (C=O) groups is 2. The Balaban J connectivity index is 0.000000214. The molecule has 360 valence electrons. The molecule has 2 amide bonds. The molecule has 0 aromatic carbocycles. The predicted octanol–water partition coefficient (Wildman–Crippen LogP) is 5.94. The Kier molecular flexibility index (Phi) is 16.5. The summed E-state index contributed by atoms with van der Waals surface area (Å²) in [5, 5.41) is 45.7. The molecule has 2 fully saturated rings. The number of nitrogens with one attached hydrogen (secondary N) is 6. The number of fused-ring (bicyclic) bond motifs is 2. The normalized spacial score (nSPS) is 17.1. The Morgan fingerprint density at radius 2 is 1.37 bits per heavy atom. The molecule has 6 aromatic rings. The van der Waals surface area contributed by atoms with Crippen molar-refractivity contribution in [2.75, 3.05) is 47.6 Å². The zero-order valence-electron chi connectivity index (χ0n) is 38.3. The highest BCUT2D eigenvalue weighted by Crippen LogP contribution is 2.29. The molecule has 2 aliphatic rings. The van der Waals surface area contributed by atoms with Crippen LogP contribution in [0, 0.1) is 0 Å². The summed E-state index contributed by atoms with van der Waals surface area (Å²) in [7, 11) is 0. The van der Waals surface area contributed by atoms with Crippen molar-refractivity contribution >= 4 is 57.8 Å². The Labute approximate surface area is 385 Å². The summed E-state index contributed by atoms with van der Waals surface area (Å²) >= 11 is 0. The van der Waals surface area contributed by atoms with Crippen LogP contribution in [-0.4, -0.2) is 129 Å². The Morgan fingerprint density at radius 1 is 0.761 bits per heavy atom. The van der Waals surface area contributed by atoms with E-state index in [1.54, 1.807) is 64.2 Å². The number of anilines is 6. The third kappa shape index (κ3) is 13.5. The summed E-state index contributed by atoms with van der Waals surface area (Å²) in [6.45, 7) is 9.04. The highest BCUT2D eigenvalue weighted by molar-refractivity contribution is 6.00. The number of pyridine rings is 2. The van der Waals surface area contributed by atoms with Crippen molar-refractivity contribution < 1.29 is 37.7 Å². The molecule has 0 bridgehead atoms. The molecule has 8 N–H and O–H groups in total. The van der Waals surface area contributed by atoms with Gasteiger partial charge in [-0.25, -0.2) is 42.1 Å². The first kappa shape index (κ1) is 49.8. The number of ether oxygens (including phenoxy) is 1. The van der Waals surface area contributed by atoms with Crippen molar-refractivity contribution in [3.05, 3.63) is 84.7 Å². The van der Waals surface area contributed by atoms with Gasteiger partial charge >= 0.3 is 0 Å². The number of aliphatic hydroxyl groups is 2. The number of aromatic nitrogens is 8. The summed E-state index contributed by atoms with van der Waals surface area (Å²) in [6.07, 6.45) is 8.63. The smallest absolute Gasteiger partial charge is 0.255 e. The number of nitrogens with zero attached hydrogens (tertiary/aromatic N) is 8. The van der Waals surface area contributed by atoms with Crippen molar-refractivity contribution in [3.8, 4) is 0 Å². The van der Waals surface area contributed by atoms with Gasteiger partial charge in [-0.15, -0.1) is 5.10 Å². The van der Waals surface area contributed by atoms with Crippen LogP contribution in [0.1, 0.15) is 87.9 Å². The molecule has 7 heterocycles. The standard InChI is InChI=1S/C22H27F2N7O3.C21H26FN7O2.C2H6/c1-22(2,33)17(24)11-26-21(32)13-10-25-19(9-16(13)28-15-5-8-34-12-14(15)23)29-18-4-7-31-20(30-18)3-6-27-31;1-21(2,31)16(22)12-25-20(30)14-11-24-18(10-15(14)26-13-4-3-5-13)27-17-6-7-19-23-8-9-29(19)28-17;1-2/h3-4,6-7,9-10,14-15,17,33H,5,8,11-12H2,1-2H3,(H,26,32)(H2,25,28,29,30);6-11,13,16,31H,3-5,12H2,1-2H3,(H,25,30)(H2,24,26,27,28);1-2H3/t14?,15?,17-;16-;/m11./s1. The van der Waals surface area contributed by atoms with Crippen molar-refractivity contribution in [2.24, 2.45) is 0 Å². The monoisotopic (exact) mass is 932 g/mol. The van der Waals surface area contributed by atoms with Gasteiger partial charge in [0, 0.05) is 61.8 Å². The van der Waals surface area contributed by atoms with Gasteiger partial charge in [0.2, 0.25) is 0 Å². The molecule has 2 unspecified atom stereocenters. The number of alkyl halides is 3. The van der Waals surface area contributed by atoms with E-state index in [9.17, 15) is 33.0 Å². The average Bonchev–Trinajstić information content (AvgIpc) is 3.96. The number of imidazole rings is 1. The fourth-order valence-corrected chi connectivity index (χ4v) is 6.57. The second kappa shape index (κ2) is 22.2. The van der Waals surface area contributed by atoms with Gasteiger partial charge in [0.15, 0.2) is 17.1 Å². The maximum atomic E-state index is 14.4. The van der Waals surface area contributed by atoms with E-state index in [-0.39, 0.29) is 31.3 Å². The maximum absolute atomic E-state index is 14.4. The van der Waals surface area contributed by atoms with Crippen molar-refractivity contribution in [1.29, 1.82) is 0 Å². The highest BCUT2D eigenvalue weighted by atomic mass is 19.1. The molecule has 1 saturated carbocycles. The van der Waals surface area contributed by atoms with Crippen LogP contribution in [0.5, 0.6) is 0 Å². The molecule has 19 nitrogen and oxygen atoms in total.